The van der Waals surface area contributed by atoms with Crippen molar-refractivity contribution >= 4 is 22.7 Å². The van der Waals surface area contributed by atoms with Crippen LogP contribution in [-0.4, -0.2) is 33.6 Å². The van der Waals surface area contributed by atoms with Crippen molar-refractivity contribution in [1.29, 1.82) is 0 Å². The Morgan fingerprint density at radius 3 is 3.06 bits per heavy atom. The second-order valence-corrected chi connectivity index (χ2v) is 5.48. The Kier molecular flexibility index (Phi) is 3.01. The third-order valence-electron chi connectivity index (χ3n) is 2.97. The first-order chi connectivity index (χ1) is 8.31. The third-order valence-corrected chi connectivity index (χ3v) is 4.03. The Morgan fingerprint density at radius 2 is 2.24 bits per heavy atom. The van der Waals surface area contributed by atoms with Crippen molar-refractivity contribution in [2.24, 2.45) is 0 Å². The number of rotatable bonds is 2. The molecule has 1 atom stereocenters. The zero-order valence-corrected chi connectivity index (χ0v) is 10.2. The van der Waals surface area contributed by atoms with E-state index < -0.39 is 0 Å². The predicted molar refractivity (Wildman–Crippen MR) is 69.8 cm³/mol. The van der Waals surface area contributed by atoms with Crippen molar-refractivity contribution in [3.63, 3.8) is 0 Å². The minimum absolute atomic E-state index is 0.160. The van der Waals surface area contributed by atoms with Gasteiger partial charge in [0.05, 0.1) is 6.10 Å². The molecule has 1 aliphatic heterocycles. The molecule has 0 bridgehead atoms. The molecule has 0 saturated carbocycles. The van der Waals surface area contributed by atoms with Crippen LogP contribution in [0.4, 0.5) is 0 Å². The smallest absolute Gasteiger partial charge is 0.0689 e. The summed E-state index contributed by atoms with van der Waals surface area (Å²) < 4.78 is 2.22. The molecule has 88 valence electrons. The molecule has 1 N–H and O–H groups in total. The molecule has 0 unspecified atom stereocenters. The molecular formula is C13H14N2OS. The molecule has 1 aromatic carbocycles. The molecule has 1 aromatic heterocycles. The number of hydrogen-bond acceptors (Lipinski definition) is 4. The van der Waals surface area contributed by atoms with Crippen molar-refractivity contribution in [1.82, 2.24) is 9.29 Å². The van der Waals surface area contributed by atoms with E-state index in [9.17, 15) is 5.11 Å². The minimum Gasteiger partial charge on any atom is -0.392 e. The van der Waals surface area contributed by atoms with Gasteiger partial charge in [-0.05, 0) is 42.0 Å². The van der Waals surface area contributed by atoms with Crippen LogP contribution in [0, 0.1) is 0 Å². The topological polar surface area (TPSA) is 36.4 Å². The summed E-state index contributed by atoms with van der Waals surface area (Å²) in [5, 5.41) is 11.9. The Balaban J connectivity index is 1.81. The van der Waals surface area contributed by atoms with Gasteiger partial charge < -0.3 is 5.11 Å². The molecule has 0 aliphatic carbocycles. The van der Waals surface area contributed by atoms with Gasteiger partial charge >= 0.3 is 0 Å². The monoisotopic (exact) mass is 246 g/mol. The van der Waals surface area contributed by atoms with Crippen LogP contribution in [0.15, 0.2) is 41.6 Å². The lowest BCUT2D eigenvalue weighted by molar-refractivity contribution is 0.190. The summed E-state index contributed by atoms with van der Waals surface area (Å²) in [6.45, 7) is 1.72. The van der Waals surface area contributed by atoms with Crippen LogP contribution in [0.25, 0.3) is 10.8 Å². The van der Waals surface area contributed by atoms with Gasteiger partial charge in [0.25, 0.3) is 0 Å². The van der Waals surface area contributed by atoms with Crippen molar-refractivity contribution in [2.75, 3.05) is 13.1 Å². The third kappa shape index (κ3) is 2.44. The zero-order chi connectivity index (χ0) is 11.7. The SMILES string of the molecule is O[C@H]1CCN(Sc2ccc3cnccc3c2)C1. The first-order valence-corrected chi connectivity index (χ1v) is 6.53. The highest BCUT2D eigenvalue weighted by Gasteiger charge is 2.20. The number of β-amino-alcohol motifs (C(OH)–C–C–N with tert-alkyl or cyclic N) is 1. The number of hydrogen-bond donors (Lipinski definition) is 1. The maximum atomic E-state index is 9.49. The summed E-state index contributed by atoms with van der Waals surface area (Å²) in [7, 11) is 0. The van der Waals surface area contributed by atoms with Gasteiger partial charge in [0.1, 0.15) is 0 Å². The fourth-order valence-corrected chi connectivity index (χ4v) is 3.11. The van der Waals surface area contributed by atoms with E-state index in [2.05, 4.69) is 27.5 Å². The van der Waals surface area contributed by atoms with E-state index in [1.165, 1.54) is 15.7 Å². The van der Waals surface area contributed by atoms with Crippen LogP contribution in [0.3, 0.4) is 0 Å². The van der Waals surface area contributed by atoms with E-state index in [1.54, 1.807) is 11.9 Å². The Morgan fingerprint density at radius 1 is 1.29 bits per heavy atom. The summed E-state index contributed by atoms with van der Waals surface area (Å²) in [4.78, 5) is 5.33. The number of aliphatic hydroxyl groups excluding tert-OH is 1. The molecular weight excluding hydrogens is 232 g/mol. The van der Waals surface area contributed by atoms with E-state index >= 15 is 0 Å². The van der Waals surface area contributed by atoms with Gasteiger partial charge in [0.15, 0.2) is 0 Å². The number of aromatic nitrogens is 1. The van der Waals surface area contributed by atoms with Crippen molar-refractivity contribution in [2.45, 2.75) is 17.4 Å². The van der Waals surface area contributed by atoms with Crippen molar-refractivity contribution in [3.8, 4) is 0 Å². The van der Waals surface area contributed by atoms with Gasteiger partial charge in [0, 0.05) is 35.8 Å². The fourth-order valence-electron chi connectivity index (χ4n) is 2.06. The number of benzene rings is 1. The van der Waals surface area contributed by atoms with E-state index in [-0.39, 0.29) is 6.10 Å². The molecule has 3 rings (SSSR count). The van der Waals surface area contributed by atoms with E-state index in [4.69, 9.17) is 0 Å². The van der Waals surface area contributed by atoms with Gasteiger partial charge in [0.2, 0.25) is 0 Å². The number of fused-ring (bicyclic) bond motifs is 1. The molecule has 4 heteroatoms. The van der Waals surface area contributed by atoms with Crippen molar-refractivity contribution < 1.29 is 5.11 Å². The summed E-state index contributed by atoms with van der Waals surface area (Å²) in [6.07, 6.45) is 4.41. The molecule has 17 heavy (non-hydrogen) atoms. The molecule has 0 radical (unpaired) electrons. The Hall–Kier alpha value is -1.10. The normalized spacial score (nSPS) is 21.1. The maximum absolute atomic E-state index is 9.49. The van der Waals surface area contributed by atoms with E-state index in [1.807, 2.05) is 18.5 Å². The quantitative estimate of drug-likeness (QED) is 0.825. The molecule has 0 spiro atoms. The highest BCUT2D eigenvalue weighted by molar-refractivity contribution is 7.97. The van der Waals surface area contributed by atoms with Crippen LogP contribution in [0.1, 0.15) is 6.42 Å². The molecule has 2 aromatic rings. The molecule has 3 nitrogen and oxygen atoms in total. The average Bonchev–Trinajstić information content (AvgIpc) is 2.75. The lowest BCUT2D eigenvalue weighted by Gasteiger charge is -2.13. The fraction of sp³-hybridized carbons (Fsp3) is 0.308. The second-order valence-electron chi connectivity index (χ2n) is 4.31. The zero-order valence-electron chi connectivity index (χ0n) is 9.41. The molecule has 1 saturated heterocycles. The van der Waals surface area contributed by atoms with Crippen LogP contribution in [-0.2, 0) is 0 Å². The van der Waals surface area contributed by atoms with Gasteiger partial charge in [-0.15, -0.1) is 0 Å². The first kappa shape index (κ1) is 11.0. The first-order valence-electron chi connectivity index (χ1n) is 5.76. The summed E-state index contributed by atoms with van der Waals surface area (Å²) in [5.41, 5.74) is 0. The highest BCUT2D eigenvalue weighted by atomic mass is 32.2. The molecule has 1 fully saturated rings. The molecule has 2 heterocycles. The Labute approximate surface area is 105 Å². The average molecular weight is 246 g/mol. The second kappa shape index (κ2) is 4.64. The summed E-state index contributed by atoms with van der Waals surface area (Å²) >= 11 is 1.72. The Bertz CT molecular complexity index is 532. The van der Waals surface area contributed by atoms with Gasteiger partial charge in [-0.3, -0.25) is 4.98 Å². The van der Waals surface area contributed by atoms with Crippen LogP contribution in [0.2, 0.25) is 0 Å². The molecule has 1 aliphatic rings. The highest BCUT2D eigenvalue weighted by Crippen LogP contribution is 2.28. The minimum atomic E-state index is -0.160. The lowest BCUT2D eigenvalue weighted by Crippen LogP contribution is -2.13. The summed E-state index contributed by atoms with van der Waals surface area (Å²) in [5.74, 6) is 0. The standard InChI is InChI=1S/C13H14N2OS/c16-12-4-6-15(9-12)17-13-2-1-11-8-14-5-3-10(11)7-13/h1-3,5,7-8,12,16H,4,6,9H2/t12-/m0/s1. The number of aliphatic hydroxyl groups is 1. The maximum Gasteiger partial charge on any atom is 0.0689 e. The van der Waals surface area contributed by atoms with Gasteiger partial charge in [-0.1, -0.05) is 6.07 Å². The van der Waals surface area contributed by atoms with Crippen LogP contribution < -0.4 is 0 Å². The van der Waals surface area contributed by atoms with Crippen LogP contribution >= 0.6 is 11.9 Å². The molecule has 0 amide bonds. The lowest BCUT2D eigenvalue weighted by atomic mass is 10.2. The number of nitrogens with zero attached hydrogens (tertiary/aromatic N) is 2. The number of pyridine rings is 1. The van der Waals surface area contributed by atoms with Gasteiger partial charge in [-0.2, -0.15) is 0 Å². The predicted octanol–water partition coefficient (Wildman–Crippen LogP) is 2.31. The summed E-state index contributed by atoms with van der Waals surface area (Å²) in [6, 6.07) is 8.40. The van der Waals surface area contributed by atoms with E-state index in [0.29, 0.717) is 0 Å². The van der Waals surface area contributed by atoms with Gasteiger partial charge in [-0.25, -0.2) is 4.31 Å². The van der Waals surface area contributed by atoms with E-state index in [0.717, 1.165) is 19.5 Å². The van der Waals surface area contributed by atoms with Crippen LogP contribution in [0.5, 0.6) is 0 Å². The largest absolute Gasteiger partial charge is 0.392 e. The van der Waals surface area contributed by atoms with Crippen molar-refractivity contribution in [3.05, 3.63) is 36.7 Å².